The minimum absolute atomic E-state index is 0.730. The molecule has 3 heteroatoms. The summed E-state index contributed by atoms with van der Waals surface area (Å²) in [4.78, 5) is 0. The van der Waals surface area contributed by atoms with Crippen LogP contribution in [0.5, 0.6) is 5.75 Å². The average Bonchev–Trinajstić information content (AvgIpc) is 3.05. The SMILES string of the molecule is O/N=C1/CCc2c(OCC3CCCC3)cccc21. The average molecular weight is 245 g/mol. The summed E-state index contributed by atoms with van der Waals surface area (Å²) in [6.07, 6.45) is 7.05. The Bertz CT molecular complexity index is 462. The number of hydrogen-bond donors (Lipinski definition) is 1. The van der Waals surface area contributed by atoms with Crippen LogP contribution in [0, 0.1) is 5.92 Å². The van der Waals surface area contributed by atoms with Gasteiger partial charge in [-0.3, -0.25) is 0 Å². The molecule has 0 aliphatic heterocycles. The maximum atomic E-state index is 8.95. The van der Waals surface area contributed by atoms with Gasteiger partial charge in [0.05, 0.1) is 12.3 Å². The first kappa shape index (κ1) is 11.6. The van der Waals surface area contributed by atoms with E-state index >= 15 is 0 Å². The van der Waals surface area contributed by atoms with Gasteiger partial charge in [-0.05, 0) is 37.7 Å². The van der Waals surface area contributed by atoms with E-state index in [1.165, 1.54) is 31.2 Å². The van der Waals surface area contributed by atoms with Crippen molar-refractivity contribution in [2.75, 3.05) is 6.61 Å². The molecule has 1 aromatic carbocycles. The van der Waals surface area contributed by atoms with Gasteiger partial charge in [0.15, 0.2) is 0 Å². The number of benzene rings is 1. The van der Waals surface area contributed by atoms with Gasteiger partial charge in [-0.1, -0.05) is 30.1 Å². The molecule has 0 atom stereocenters. The lowest BCUT2D eigenvalue weighted by atomic mass is 10.1. The summed E-state index contributed by atoms with van der Waals surface area (Å²) in [5.41, 5.74) is 3.06. The van der Waals surface area contributed by atoms with Crippen molar-refractivity contribution < 1.29 is 9.94 Å². The Morgan fingerprint density at radius 3 is 2.83 bits per heavy atom. The van der Waals surface area contributed by atoms with E-state index in [2.05, 4.69) is 5.16 Å². The van der Waals surface area contributed by atoms with Crippen LogP contribution >= 0.6 is 0 Å². The molecule has 96 valence electrons. The molecule has 2 aliphatic carbocycles. The van der Waals surface area contributed by atoms with Crippen molar-refractivity contribution in [3.8, 4) is 5.75 Å². The maximum absolute atomic E-state index is 8.95. The first-order chi connectivity index (χ1) is 8.88. The van der Waals surface area contributed by atoms with E-state index < -0.39 is 0 Å². The normalized spacial score (nSPS) is 21.4. The Balaban J connectivity index is 1.75. The zero-order chi connectivity index (χ0) is 12.4. The van der Waals surface area contributed by atoms with E-state index in [1.54, 1.807) is 0 Å². The zero-order valence-corrected chi connectivity index (χ0v) is 10.6. The van der Waals surface area contributed by atoms with Crippen LogP contribution in [-0.2, 0) is 6.42 Å². The summed E-state index contributed by atoms with van der Waals surface area (Å²) in [6.45, 7) is 0.835. The van der Waals surface area contributed by atoms with Gasteiger partial charge in [0.25, 0.3) is 0 Å². The topological polar surface area (TPSA) is 41.8 Å². The van der Waals surface area contributed by atoms with Gasteiger partial charge in [-0.25, -0.2) is 0 Å². The first-order valence-electron chi connectivity index (χ1n) is 6.84. The third-order valence-electron chi connectivity index (χ3n) is 4.13. The molecule has 0 radical (unpaired) electrons. The van der Waals surface area contributed by atoms with Crippen LogP contribution in [-0.4, -0.2) is 17.5 Å². The van der Waals surface area contributed by atoms with Crippen molar-refractivity contribution in [2.45, 2.75) is 38.5 Å². The van der Waals surface area contributed by atoms with E-state index in [0.29, 0.717) is 0 Å². The van der Waals surface area contributed by atoms with Crippen molar-refractivity contribution >= 4 is 5.71 Å². The molecule has 3 nitrogen and oxygen atoms in total. The number of hydrogen-bond acceptors (Lipinski definition) is 3. The molecule has 0 aromatic heterocycles. The Kier molecular flexibility index (Phi) is 3.22. The zero-order valence-electron chi connectivity index (χ0n) is 10.6. The van der Waals surface area contributed by atoms with Crippen LogP contribution in [0.15, 0.2) is 23.4 Å². The van der Waals surface area contributed by atoms with Crippen LogP contribution < -0.4 is 4.74 Å². The second kappa shape index (κ2) is 5.01. The summed E-state index contributed by atoms with van der Waals surface area (Å²) in [7, 11) is 0. The van der Waals surface area contributed by atoms with E-state index in [1.807, 2.05) is 18.2 Å². The van der Waals surface area contributed by atoms with Crippen molar-refractivity contribution in [3.63, 3.8) is 0 Å². The van der Waals surface area contributed by atoms with E-state index in [4.69, 9.17) is 9.94 Å². The molecule has 2 aliphatic rings. The lowest BCUT2D eigenvalue weighted by molar-refractivity contribution is 0.250. The van der Waals surface area contributed by atoms with Crippen LogP contribution in [0.25, 0.3) is 0 Å². The number of oxime groups is 1. The molecule has 1 aromatic rings. The predicted octanol–water partition coefficient (Wildman–Crippen LogP) is 3.38. The van der Waals surface area contributed by atoms with Gasteiger partial charge in [0, 0.05) is 11.1 Å². The third-order valence-corrected chi connectivity index (χ3v) is 4.13. The van der Waals surface area contributed by atoms with Crippen molar-refractivity contribution in [1.29, 1.82) is 0 Å². The van der Waals surface area contributed by atoms with E-state index in [9.17, 15) is 0 Å². The molecular formula is C15H19NO2. The van der Waals surface area contributed by atoms with Gasteiger partial charge >= 0.3 is 0 Å². The van der Waals surface area contributed by atoms with E-state index in [-0.39, 0.29) is 0 Å². The standard InChI is InChI=1S/C15H19NO2/c17-16-14-9-8-13-12(14)6-3-7-15(13)18-10-11-4-1-2-5-11/h3,6-7,11,17H,1-2,4-5,8-10H2/b16-14-. The summed E-state index contributed by atoms with van der Waals surface area (Å²) in [6, 6.07) is 6.03. The Labute approximate surface area is 107 Å². The van der Waals surface area contributed by atoms with Gasteiger partial charge in [-0.15, -0.1) is 0 Å². The smallest absolute Gasteiger partial charge is 0.123 e. The third kappa shape index (κ3) is 2.09. The second-order valence-electron chi connectivity index (χ2n) is 5.29. The van der Waals surface area contributed by atoms with Gasteiger partial charge in [0.2, 0.25) is 0 Å². The fourth-order valence-corrected chi connectivity index (χ4v) is 3.10. The molecule has 0 heterocycles. The summed E-state index contributed by atoms with van der Waals surface area (Å²) >= 11 is 0. The maximum Gasteiger partial charge on any atom is 0.123 e. The lowest BCUT2D eigenvalue weighted by Gasteiger charge is -2.14. The highest BCUT2D eigenvalue weighted by Gasteiger charge is 2.22. The lowest BCUT2D eigenvalue weighted by Crippen LogP contribution is -2.09. The number of fused-ring (bicyclic) bond motifs is 1. The number of nitrogens with zero attached hydrogens (tertiary/aromatic N) is 1. The van der Waals surface area contributed by atoms with E-state index in [0.717, 1.165) is 42.4 Å². The highest BCUT2D eigenvalue weighted by molar-refractivity contribution is 6.04. The van der Waals surface area contributed by atoms with Crippen LogP contribution in [0.4, 0.5) is 0 Å². The fraction of sp³-hybridized carbons (Fsp3) is 0.533. The molecule has 0 saturated heterocycles. The quantitative estimate of drug-likeness (QED) is 0.655. The molecule has 1 saturated carbocycles. The minimum atomic E-state index is 0.730. The largest absolute Gasteiger partial charge is 0.493 e. The molecule has 1 N–H and O–H groups in total. The van der Waals surface area contributed by atoms with Crippen molar-refractivity contribution in [3.05, 3.63) is 29.3 Å². The number of ether oxygens (including phenoxy) is 1. The Hall–Kier alpha value is -1.51. The predicted molar refractivity (Wildman–Crippen MR) is 70.5 cm³/mol. The molecule has 0 unspecified atom stereocenters. The Morgan fingerprint density at radius 2 is 2.06 bits per heavy atom. The Morgan fingerprint density at radius 1 is 1.22 bits per heavy atom. The monoisotopic (exact) mass is 245 g/mol. The molecule has 0 bridgehead atoms. The molecule has 18 heavy (non-hydrogen) atoms. The van der Waals surface area contributed by atoms with Gasteiger partial charge in [0.1, 0.15) is 5.75 Å². The second-order valence-corrected chi connectivity index (χ2v) is 5.29. The van der Waals surface area contributed by atoms with Crippen LogP contribution in [0.3, 0.4) is 0 Å². The summed E-state index contributed by atoms with van der Waals surface area (Å²) in [5.74, 6) is 1.71. The first-order valence-corrected chi connectivity index (χ1v) is 6.84. The van der Waals surface area contributed by atoms with Gasteiger partial charge < -0.3 is 9.94 Å². The van der Waals surface area contributed by atoms with Crippen molar-refractivity contribution in [2.24, 2.45) is 11.1 Å². The fourth-order valence-electron chi connectivity index (χ4n) is 3.10. The molecule has 1 fully saturated rings. The summed E-state index contributed by atoms with van der Waals surface area (Å²) < 4.78 is 5.99. The van der Waals surface area contributed by atoms with Crippen molar-refractivity contribution in [1.82, 2.24) is 0 Å². The van der Waals surface area contributed by atoms with Crippen LogP contribution in [0.2, 0.25) is 0 Å². The molecular weight excluding hydrogens is 226 g/mol. The molecule has 0 amide bonds. The molecule has 0 spiro atoms. The molecule has 3 rings (SSSR count). The van der Waals surface area contributed by atoms with Crippen LogP contribution in [0.1, 0.15) is 43.2 Å². The van der Waals surface area contributed by atoms with Gasteiger partial charge in [-0.2, -0.15) is 0 Å². The number of rotatable bonds is 3. The summed E-state index contributed by atoms with van der Waals surface area (Å²) in [5, 5.41) is 12.3. The minimum Gasteiger partial charge on any atom is -0.493 e. The highest BCUT2D eigenvalue weighted by atomic mass is 16.5. The highest BCUT2D eigenvalue weighted by Crippen LogP contribution is 2.32.